The molecule has 2 aromatic rings. The Balaban J connectivity index is 1.52. The van der Waals surface area contributed by atoms with Crippen molar-refractivity contribution in [2.75, 3.05) is 31.6 Å². The van der Waals surface area contributed by atoms with Crippen molar-refractivity contribution in [3.8, 4) is 0 Å². The van der Waals surface area contributed by atoms with Crippen LogP contribution in [0.3, 0.4) is 0 Å². The number of hydrogen-bond acceptors (Lipinski definition) is 6. The van der Waals surface area contributed by atoms with Crippen LogP contribution in [-0.4, -0.2) is 58.7 Å². The Kier molecular flexibility index (Phi) is 4.28. The predicted molar refractivity (Wildman–Crippen MR) is 102 cm³/mol. The second-order valence-electron chi connectivity index (χ2n) is 7.86. The quantitative estimate of drug-likeness (QED) is 0.705. The molecule has 2 aliphatic heterocycles. The van der Waals surface area contributed by atoms with Crippen LogP contribution < -0.4 is 16.0 Å². The zero-order valence-electron chi connectivity index (χ0n) is 15.7. The highest BCUT2D eigenvalue weighted by Gasteiger charge is 2.41. The standard InChI is InChI=1S/C19H24N6O3/c26-16-13-8-12-9-21-18(24-17(27)14-10-20-6-7-28-14)23-15(12)25(13)19(11-22-16)4-2-1-3-5-19/h8-9,14,20H,1-7,10-11H2,(H,22,26)(H,21,23,24,27)/t14-/m1/s1. The molecule has 1 atom stereocenters. The number of anilines is 1. The van der Waals surface area contributed by atoms with Gasteiger partial charge in [-0.25, -0.2) is 4.98 Å². The molecule has 1 spiro atoms. The van der Waals surface area contributed by atoms with Crippen molar-refractivity contribution in [2.45, 2.75) is 43.7 Å². The van der Waals surface area contributed by atoms with E-state index in [1.165, 1.54) is 6.42 Å². The molecule has 0 unspecified atom stereocenters. The van der Waals surface area contributed by atoms with Gasteiger partial charge in [0.05, 0.1) is 12.1 Å². The van der Waals surface area contributed by atoms with Crippen molar-refractivity contribution < 1.29 is 14.3 Å². The third kappa shape index (κ3) is 2.85. The van der Waals surface area contributed by atoms with Crippen molar-refractivity contribution in [1.29, 1.82) is 0 Å². The fourth-order valence-corrected chi connectivity index (χ4v) is 4.65. The van der Waals surface area contributed by atoms with Gasteiger partial charge in [-0.15, -0.1) is 0 Å². The van der Waals surface area contributed by atoms with E-state index in [-0.39, 0.29) is 23.3 Å². The summed E-state index contributed by atoms with van der Waals surface area (Å²) in [6.07, 6.45) is 6.63. The van der Waals surface area contributed by atoms with E-state index in [0.717, 1.165) is 37.6 Å². The van der Waals surface area contributed by atoms with E-state index in [1.54, 1.807) is 6.20 Å². The third-order valence-corrected chi connectivity index (χ3v) is 6.07. The minimum absolute atomic E-state index is 0.0820. The molecular weight excluding hydrogens is 360 g/mol. The number of carbonyl (C=O) groups is 2. The maximum Gasteiger partial charge on any atom is 0.268 e. The van der Waals surface area contributed by atoms with Crippen LogP contribution in [0.5, 0.6) is 0 Å². The van der Waals surface area contributed by atoms with Crippen molar-refractivity contribution in [3.05, 3.63) is 18.0 Å². The SMILES string of the molecule is O=C1NCC2(CCCCC2)n2c1cc1cnc(NC(=O)[C@H]3CNCCO3)nc12. The summed E-state index contributed by atoms with van der Waals surface area (Å²) < 4.78 is 7.58. The number of carbonyl (C=O) groups excluding carboxylic acids is 2. The smallest absolute Gasteiger partial charge is 0.268 e. The Morgan fingerprint density at radius 3 is 2.96 bits per heavy atom. The zero-order valence-corrected chi connectivity index (χ0v) is 15.7. The van der Waals surface area contributed by atoms with Crippen LogP contribution in [0.15, 0.2) is 12.3 Å². The molecule has 9 heteroatoms. The first-order valence-electron chi connectivity index (χ1n) is 9.97. The fourth-order valence-electron chi connectivity index (χ4n) is 4.65. The lowest BCUT2D eigenvalue weighted by Crippen LogP contribution is -2.52. The first-order valence-corrected chi connectivity index (χ1v) is 9.97. The predicted octanol–water partition coefficient (Wildman–Crippen LogP) is 0.761. The van der Waals surface area contributed by atoms with Gasteiger partial charge < -0.3 is 19.9 Å². The number of nitrogens with one attached hydrogen (secondary N) is 3. The van der Waals surface area contributed by atoms with Crippen LogP contribution in [0.2, 0.25) is 0 Å². The van der Waals surface area contributed by atoms with Crippen molar-refractivity contribution in [2.24, 2.45) is 0 Å². The highest BCUT2D eigenvalue weighted by molar-refractivity contribution is 5.99. The summed E-state index contributed by atoms with van der Waals surface area (Å²) in [6, 6.07) is 1.85. The van der Waals surface area contributed by atoms with Gasteiger partial charge in [0.1, 0.15) is 17.4 Å². The zero-order chi connectivity index (χ0) is 19.1. The number of nitrogens with zero attached hydrogens (tertiary/aromatic N) is 3. The van der Waals surface area contributed by atoms with Gasteiger partial charge in [-0.1, -0.05) is 19.3 Å². The molecule has 3 aliphatic rings. The summed E-state index contributed by atoms with van der Waals surface area (Å²) in [6.45, 7) is 2.34. The normalized spacial score (nSPS) is 24.0. The van der Waals surface area contributed by atoms with E-state index < -0.39 is 6.10 Å². The molecule has 0 radical (unpaired) electrons. The summed E-state index contributed by atoms with van der Waals surface area (Å²) in [4.78, 5) is 33.8. The van der Waals surface area contributed by atoms with Gasteiger partial charge in [0.2, 0.25) is 5.95 Å². The number of amides is 2. The Labute approximate surface area is 162 Å². The van der Waals surface area contributed by atoms with Crippen LogP contribution in [0.4, 0.5) is 5.95 Å². The highest BCUT2D eigenvalue weighted by atomic mass is 16.5. The summed E-state index contributed by atoms with van der Waals surface area (Å²) in [5, 5.41) is 9.76. The molecule has 0 bridgehead atoms. The summed E-state index contributed by atoms with van der Waals surface area (Å²) >= 11 is 0. The van der Waals surface area contributed by atoms with E-state index in [0.29, 0.717) is 31.0 Å². The first kappa shape index (κ1) is 17.6. The maximum absolute atomic E-state index is 12.5. The van der Waals surface area contributed by atoms with Gasteiger partial charge in [0.25, 0.3) is 11.8 Å². The van der Waals surface area contributed by atoms with Crippen molar-refractivity contribution in [1.82, 2.24) is 25.2 Å². The largest absolute Gasteiger partial charge is 0.366 e. The second-order valence-corrected chi connectivity index (χ2v) is 7.86. The molecule has 2 aromatic heterocycles. The lowest BCUT2D eigenvalue weighted by atomic mass is 9.80. The molecule has 1 aliphatic carbocycles. The molecule has 4 heterocycles. The lowest BCUT2D eigenvalue weighted by molar-refractivity contribution is -0.128. The number of fused-ring (bicyclic) bond motifs is 4. The van der Waals surface area contributed by atoms with Crippen LogP contribution in [0.25, 0.3) is 11.0 Å². The monoisotopic (exact) mass is 384 g/mol. The topological polar surface area (TPSA) is 110 Å². The van der Waals surface area contributed by atoms with E-state index in [1.807, 2.05) is 6.07 Å². The van der Waals surface area contributed by atoms with E-state index in [9.17, 15) is 9.59 Å². The lowest BCUT2D eigenvalue weighted by Gasteiger charge is -2.42. The highest BCUT2D eigenvalue weighted by Crippen LogP contribution is 2.40. The molecule has 9 nitrogen and oxygen atoms in total. The second kappa shape index (κ2) is 6.82. The van der Waals surface area contributed by atoms with E-state index >= 15 is 0 Å². The Hall–Kier alpha value is -2.52. The minimum Gasteiger partial charge on any atom is -0.366 e. The van der Waals surface area contributed by atoms with E-state index in [2.05, 4.69) is 30.5 Å². The number of ether oxygens (including phenoxy) is 1. The van der Waals surface area contributed by atoms with Crippen LogP contribution in [0.1, 0.15) is 42.6 Å². The Bertz CT molecular complexity index is 927. The molecule has 3 N–H and O–H groups in total. The van der Waals surface area contributed by atoms with Crippen molar-refractivity contribution >= 4 is 28.8 Å². The van der Waals surface area contributed by atoms with Gasteiger partial charge in [0, 0.05) is 31.2 Å². The maximum atomic E-state index is 12.5. The summed E-state index contributed by atoms with van der Waals surface area (Å²) in [5.74, 6) is -0.104. The number of rotatable bonds is 2. The molecular formula is C19H24N6O3. The Morgan fingerprint density at radius 1 is 1.32 bits per heavy atom. The molecule has 148 valence electrons. The molecule has 1 saturated heterocycles. The number of hydrogen-bond donors (Lipinski definition) is 3. The molecule has 2 amide bonds. The van der Waals surface area contributed by atoms with Crippen LogP contribution >= 0.6 is 0 Å². The average molecular weight is 384 g/mol. The fraction of sp³-hybridized carbons (Fsp3) is 0.579. The summed E-state index contributed by atoms with van der Waals surface area (Å²) in [5.41, 5.74) is 1.19. The first-order chi connectivity index (χ1) is 13.7. The van der Waals surface area contributed by atoms with Gasteiger partial charge in [0.15, 0.2) is 0 Å². The van der Waals surface area contributed by atoms with Gasteiger partial charge >= 0.3 is 0 Å². The Morgan fingerprint density at radius 2 is 2.18 bits per heavy atom. The molecule has 28 heavy (non-hydrogen) atoms. The van der Waals surface area contributed by atoms with Crippen LogP contribution in [0, 0.1) is 0 Å². The third-order valence-electron chi connectivity index (χ3n) is 6.07. The molecule has 0 aromatic carbocycles. The molecule has 5 rings (SSSR count). The minimum atomic E-state index is -0.551. The van der Waals surface area contributed by atoms with Gasteiger partial charge in [-0.2, -0.15) is 4.98 Å². The average Bonchev–Trinajstić information content (AvgIpc) is 3.13. The molecule has 2 fully saturated rings. The van der Waals surface area contributed by atoms with Gasteiger partial charge in [-0.3, -0.25) is 14.9 Å². The van der Waals surface area contributed by atoms with Crippen LogP contribution in [-0.2, 0) is 15.1 Å². The van der Waals surface area contributed by atoms with E-state index in [4.69, 9.17) is 4.74 Å². The number of morpholine rings is 1. The summed E-state index contributed by atoms with van der Waals surface area (Å²) in [7, 11) is 0. The number of aromatic nitrogens is 3. The molecule has 1 saturated carbocycles. The van der Waals surface area contributed by atoms with Crippen molar-refractivity contribution in [3.63, 3.8) is 0 Å². The van der Waals surface area contributed by atoms with Gasteiger partial charge in [-0.05, 0) is 18.9 Å².